The fourth-order valence-electron chi connectivity index (χ4n) is 1.29. The predicted octanol–water partition coefficient (Wildman–Crippen LogP) is 2.83. The molecule has 0 N–H and O–H groups in total. The smallest absolute Gasteiger partial charge is 0.0351 e. The zero-order valence-electron chi connectivity index (χ0n) is 7.39. The highest BCUT2D eigenvalue weighted by Gasteiger charge is 2.28. The van der Waals surface area contributed by atoms with E-state index in [1.165, 1.54) is 18.4 Å². The van der Waals surface area contributed by atoms with Gasteiger partial charge in [0.2, 0.25) is 0 Å². The van der Waals surface area contributed by atoms with Crippen LogP contribution in [0.25, 0.3) is 0 Å². The summed E-state index contributed by atoms with van der Waals surface area (Å²) < 4.78 is 0. The second kappa shape index (κ2) is 5.11. The molecular formula is C9H15Cl2N. The van der Waals surface area contributed by atoms with Gasteiger partial charge in [-0.05, 0) is 25.3 Å². The molecule has 0 unspecified atom stereocenters. The predicted molar refractivity (Wildman–Crippen MR) is 54.9 cm³/mol. The van der Waals surface area contributed by atoms with Crippen molar-refractivity contribution in [3.63, 3.8) is 0 Å². The van der Waals surface area contributed by atoms with Crippen LogP contribution in [0.15, 0.2) is 11.1 Å². The van der Waals surface area contributed by atoms with Crippen molar-refractivity contribution < 1.29 is 0 Å². The number of hydrogen-bond acceptors (Lipinski definition) is 1. The van der Waals surface area contributed by atoms with E-state index in [0.29, 0.717) is 5.88 Å². The molecule has 0 radical (unpaired) electrons. The molecule has 1 aliphatic carbocycles. The lowest BCUT2D eigenvalue weighted by Gasteiger charge is -2.20. The second-order valence-corrected chi connectivity index (χ2v) is 3.94. The number of alkyl halides is 1. The van der Waals surface area contributed by atoms with E-state index < -0.39 is 0 Å². The van der Waals surface area contributed by atoms with Crippen molar-refractivity contribution in [2.24, 2.45) is 0 Å². The van der Waals surface area contributed by atoms with Crippen LogP contribution < -0.4 is 0 Å². The molecule has 0 aromatic carbocycles. The Labute approximate surface area is 84.3 Å². The maximum atomic E-state index is 5.70. The van der Waals surface area contributed by atoms with E-state index in [9.17, 15) is 0 Å². The summed E-state index contributed by atoms with van der Waals surface area (Å²) in [6.07, 6.45) is 2.65. The lowest BCUT2D eigenvalue weighted by molar-refractivity contribution is 0.304. The van der Waals surface area contributed by atoms with Gasteiger partial charge in [-0.2, -0.15) is 0 Å². The molecule has 12 heavy (non-hydrogen) atoms. The van der Waals surface area contributed by atoms with E-state index in [0.717, 1.165) is 19.1 Å². The summed E-state index contributed by atoms with van der Waals surface area (Å²) in [5.74, 6) is 0.714. The highest BCUT2D eigenvalue weighted by molar-refractivity contribution is 6.25. The lowest BCUT2D eigenvalue weighted by Crippen LogP contribution is -2.29. The maximum Gasteiger partial charge on any atom is 0.0351 e. The van der Waals surface area contributed by atoms with E-state index in [2.05, 4.69) is 11.8 Å². The molecule has 0 amide bonds. The molecule has 0 aliphatic heterocycles. The summed E-state index contributed by atoms with van der Waals surface area (Å²) in [7, 11) is 0. The van der Waals surface area contributed by atoms with Gasteiger partial charge in [0, 0.05) is 30.5 Å². The van der Waals surface area contributed by atoms with Gasteiger partial charge in [-0.25, -0.2) is 0 Å². The summed E-state index contributed by atoms with van der Waals surface area (Å²) in [5, 5.41) is 0. The maximum absolute atomic E-state index is 5.70. The molecule has 0 atom stereocenters. The minimum Gasteiger partial charge on any atom is -0.295 e. The number of halogens is 2. The van der Waals surface area contributed by atoms with Gasteiger partial charge in [-0.3, -0.25) is 4.90 Å². The SMILES string of the molecule is CC(=CCl)CN(CCCl)C1CC1. The van der Waals surface area contributed by atoms with Crippen LogP contribution in [0.5, 0.6) is 0 Å². The van der Waals surface area contributed by atoms with Gasteiger partial charge in [-0.15, -0.1) is 11.6 Å². The molecule has 1 aliphatic rings. The van der Waals surface area contributed by atoms with Crippen LogP contribution in [-0.2, 0) is 0 Å². The zero-order chi connectivity index (χ0) is 8.97. The monoisotopic (exact) mass is 207 g/mol. The van der Waals surface area contributed by atoms with Crippen molar-refractivity contribution in [2.45, 2.75) is 25.8 Å². The Morgan fingerprint density at radius 1 is 1.58 bits per heavy atom. The first-order chi connectivity index (χ1) is 5.77. The Bertz CT molecular complexity index is 164. The largest absolute Gasteiger partial charge is 0.295 e. The summed E-state index contributed by atoms with van der Waals surface area (Å²) in [6.45, 7) is 4.01. The molecule has 1 nitrogen and oxygen atoms in total. The van der Waals surface area contributed by atoms with Gasteiger partial charge in [0.15, 0.2) is 0 Å². The van der Waals surface area contributed by atoms with Gasteiger partial charge in [0.1, 0.15) is 0 Å². The van der Waals surface area contributed by atoms with E-state index in [4.69, 9.17) is 23.2 Å². The van der Waals surface area contributed by atoms with Gasteiger partial charge in [0.25, 0.3) is 0 Å². The van der Waals surface area contributed by atoms with Gasteiger partial charge in [-0.1, -0.05) is 11.6 Å². The Morgan fingerprint density at radius 3 is 2.67 bits per heavy atom. The van der Waals surface area contributed by atoms with Gasteiger partial charge >= 0.3 is 0 Å². The number of hydrogen-bond donors (Lipinski definition) is 0. The van der Waals surface area contributed by atoms with Crippen LogP contribution in [0.3, 0.4) is 0 Å². The molecule has 0 saturated heterocycles. The quantitative estimate of drug-likeness (QED) is 0.628. The van der Waals surface area contributed by atoms with Crippen LogP contribution in [-0.4, -0.2) is 29.9 Å². The molecule has 0 aromatic rings. The molecule has 1 saturated carbocycles. The van der Waals surface area contributed by atoms with Crippen molar-refractivity contribution in [2.75, 3.05) is 19.0 Å². The Hall–Kier alpha value is 0.280. The van der Waals surface area contributed by atoms with Gasteiger partial charge in [0.05, 0.1) is 0 Å². The first kappa shape index (κ1) is 10.4. The third-order valence-corrected chi connectivity index (χ3v) is 2.62. The van der Waals surface area contributed by atoms with Crippen LogP contribution >= 0.6 is 23.2 Å². The van der Waals surface area contributed by atoms with Crippen molar-refractivity contribution in [1.29, 1.82) is 0 Å². The molecule has 70 valence electrons. The number of rotatable bonds is 5. The third-order valence-electron chi connectivity index (χ3n) is 2.07. The molecule has 0 bridgehead atoms. The van der Waals surface area contributed by atoms with Crippen LogP contribution in [0, 0.1) is 0 Å². The molecule has 1 rings (SSSR count). The van der Waals surface area contributed by atoms with E-state index in [1.54, 1.807) is 5.54 Å². The zero-order valence-corrected chi connectivity index (χ0v) is 8.91. The fraction of sp³-hybridized carbons (Fsp3) is 0.778. The first-order valence-electron chi connectivity index (χ1n) is 4.33. The van der Waals surface area contributed by atoms with Crippen LogP contribution in [0.2, 0.25) is 0 Å². The molecule has 1 fully saturated rings. The lowest BCUT2D eigenvalue weighted by atomic mass is 10.3. The molecule has 0 spiro atoms. The molecular weight excluding hydrogens is 193 g/mol. The Kier molecular flexibility index (Phi) is 4.41. The Morgan fingerprint density at radius 2 is 2.25 bits per heavy atom. The van der Waals surface area contributed by atoms with Crippen LogP contribution in [0.1, 0.15) is 19.8 Å². The summed E-state index contributed by atoms with van der Waals surface area (Å²) in [6, 6.07) is 0.773. The second-order valence-electron chi connectivity index (χ2n) is 3.35. The standard InChI is InChI=1S/C9H15Cl2N/c1-8(6-11)7-12(5-4-10)9-2-3-9/h6,9H,2-5,7H2,1H3. The Balaban J connectivity index is 2.32. The average molecular weight is 208 g/mol. The molecule has 3 heteroatoms. The van der Waals surface area contributed by atoms with E-state index >= 15 is 0 Å². The fourth-order valence-corrected chi connectivity index (χ4v) is 1.58. The molecule has 0 heterocycles. The van der Waals surface area contributed by atoms with Gasteiger partial charge < -0.3 is 0 Å². The van der Waals surface area contributed by atoms with E-state index in [-0.39, 0.29) is 0 Å². The highest BCUT2D eigenvalue weighted by atomic mass is 35.5. The average Bonchev–Trinajstić information content (AvgIpc) is 2.86. The van der Waals surface area contributed by atoms with Crippen molar-refractivity contribution >= 4 is 23.2 Å². The van der Waals surface area contributed by atoms with Crippen molar-refractivity contribution in [1.82, 2.24) is 4.90 Å². The highest BCUT2D eigenvalue weighted by Crippen LogP contribution is 2.27. The third kappa shape index (κ3) is 3.34. The minimum absolute atomic E-state index is 0.714. The summed E-state index contributed by atoms with van der Waals surface area (Å²) in [5.41, 5.74) is 2.87. The van der Waals surface area contributed by atoms with Crippen LogP contribution in [0.4, 0.5) is 0 Å². The first-order valence-corrected chi connectivity index (χ1v) is 5.31. The van der Waals surface area contributed by atoms with E-state index in [1.807, 2.05) is 0 Å². The summed E-state index contributed by atoms with van der Waals surface area (Å²) in [4.78, 5) is 2.40. The van der Waals surface area contributed by atoms with Crippen molar-refractivity contribution in [3.8, 4) is 0 Å². The number of nitrogens with zero attached hydrogens (tertiary/aromatic N) is 1. The topological polar surface area (TPSA) is 3.24 Å². The molecule has 0 aromatic heterocycles. The normalized spacial score (nSPS) is 18.8. The summed E-state index contributed by atoms with van der Waals surface area (Å²) >= 11 is 11.3. The van der Waals surface area contributed by atoms with Crippen molar-refractivity contribution in [3.05, 3.63) is 11.1 Å². The minimum atomic E-state index is 0.714.